The Kier molecular flexibility index (Phi) is 4.71. The lowest BCUT2D eigenvalue weighted by molar-refractivity contribution is 0.0920. The van der Waals surface area contributed by atoms with Gasteiger partial charge >= 0.3 is 0 Å². The molecule has 0 aliphatic heterocycles. The van der Waals surface area contributed by atoms with Crippen molar-refractivity contribution < 1.29 is 9.21 Å². The number of amides is 1. The Hall–Kier alpha value is -0.770. The van der Waals surface area contributed by atoms with Crippen molar-refractivity contribution in [2.45, 2.75) is 46.0 Å². The molecule has 1 aromatic rings. The Morgan fingerprint density at radius 1 is 1.47 bits per heavy atom. The van der Waals surface area contributed by atoms with Crippen LogP contribution in [-0.4, -0.2) is 12.5 Å². The normalized spacial score (nSPS) is 17.9. The number of halogens is 1. The Bertz CT molecular complexity index is 433. The van der Waals surface area contributed by atoms with Crippen LogP contribution in [0.25, 0.3) is 0 Å². The smallest absolute Gasteiger partial charge is 0.255 e. The van der Waals surface area contributed by atoms with Gasteiger partial charge in [-0.05, 0) is 52.6 Å². The van der Waals surface area contributed by atoms with Crippen LogP contribution in [0.4, 0.5) is 0 Å². The molecule has 0 bridgehead atoms. The first kappa shape index (κ1) is 14.6. The first-order chi connectivity index (χ1) is 9.02. The number of carbonyl (C=O) groups excluding carboxylic acids is 1. The fourth-order valence-electron chi connectivity index (χ4n) is 3.26. The van der Waals surface area contributed by atoms with E-state index in [2.05, 4.69) is 35.1 Å². The second-order valence-corrected chi connectivity index (χ2v) is 6.82. The molecule has 19 heavy (non-hydrogen) atoms. The first-order valence-electron chi connectivity index (χ1n) is 7.04. The molecular weight excluding hydrogens is 306 g/mol. The molecule has 1 aliphatic carbocycles. The second-order valence-electron chi connectivity index (χ2n) is 6.10. The number of hydrogen-bond acceptors (Lipinski definition) is 2. The third-order valence-corrected chi connectivity index (χ3v) is 4.61. The molecule has 1 saturated carbocycles. The minimum atomic E-state index is -0.0457. The molecule has 4 heteroatoms. The number of nitrogens with one attached hydrogen (secondary N) is 1. The summed E-state index contributed by atoms with van der Waals surface area (Å²) in [5, 5.41) is 3.09. The molecular formula is C15H22BrNO2. The van der Waals surface area contributed by atoms with Gasteiger partial charge in [0, 0.05) is 6.54 Å². The molecule has 0 atom stereocenters. The van der Waals surface area contributed by atoms with Gasteiger partial charge in [0.15, 0.2) is 4.67 Å². The predicted octanol–water partition coefficient (Wildman–Crippen LogP) is 4.38. The van der Waals surface area contributed by atoms with Gasteiger partial charge in [-0.2, -0.15) is 0 Å². The Morgan fingerprint density at radius 2 is 2.16 bits per heavy atom. The minimum absolute atomic E-state index is 0.0457. The summed E-state index contributed by atoms with van der Waals surface area (Å²) in [4.78, 5) is 12.1. The van der Waals surface area contributed by atoms with Gasteiger partial charge < -0.3 is 9.73 Å². The summed E-state index contributed by atoms with van der Waals surface area (Å²) in [5.74, 6) is 0.631. The molecule has 0 aromatic carbocycles. The van der Waals surface area contributed by atoms with E-state index in [1.165, 1.54) is 38.4 Å². The van der Waals surface area contributed by atoms with Crippen molar-refractivity contribution in [1.82, 2.24) is 5.32 Å². The van der Waals surface area contributed by atoms with E-state index in [1.807, 2.05) is 0 Å². The highest BCUT2D eigenvalue weighted by Crippen LogP contribution is 2.42. The largest absolute Gasteiger partial charge is 0.457 e. The average Bonchev–Trinajstić information content (AvgIpc) is 2.95. The number of rotatable bonds is 5. The van der Waals surface area contributed by atoms with Crippen LogP contribution in [0, 0.1) is 11.3 Å². The van der Waals surface area contributed by atoms with Gasteiger partial charge in [0.2, 0.25) is 0 Å². The molecule has 1 aromatic heterocycles. The lowest BCUT2D eigenvalue weighted by Gasteiger charge is -2.31. The number of hydrogen-bond donors (Lipinski definition) is 1. The van der Waals surface area contributed by atoms with Crippen molar-refractivity contribution in [2.75, 3.05) is 6.54 Å². The van der Waals surface area contributed by atoms with Crippen molar-refractivity contribution in [1.29, 1.82) is 0 Å². The minimum Gasteiger partial charge on any atom is -0.457 e. The summed E-state index contributed by atoms with van der Waals surface area (Å²) >= 11 is 3.25. The summed E-state index contributed by atoms with van der Waals surface area (Å²) in [7, 11) is 0. The van der Waals surface area contributed by atoms with Crippen LogP contribution >= 0.6 is 15.9 Å². The summed E-state index contributed by atoms with van der Waals surface area (Å²) in [6.07, 6.45) is 7.77. The van der Waals surface area contributed by atoms with E-state index in [4.69, 9.17) is 4.42 Å². The van der Waals surface area contributed by atoms with Crippen LogP contribution in [0.2, 0.25) is 0 Å². The summed E-state index contributed by atoms with van der Waals surface area (Å²) in [6.45, 7) is 5.30. The predicted molar refractivity (Wildman–Crippen MR) is 79.1 cm³/mol. The van der Waals surface area contributed by atoms with Crippen LogP contribution in [0.15, 0.2) is 21.4 Å². The molecule has 1 fully saturated rings. The highest BCUT2D eigenvalue weighted by Gasteiger charge is 2.34. The lowest BCUT2D eigenvalue weighted by Crippen LogP contribution is -2.36. The van der Waals surface area contributed by atoms with Gasteiger partial charge in [-0.3, -0.25) is 4.79 Å². The van der Waals surface area contributed by atoms with E-state index in [-0.39, 0.29) is 5.91 Å². The maximum absolute atomic E-state index is 12.1. The maximum Gasteiger partial charge on any atom is 0.255 e. The highest BCUT2D eigenvalue weighted by molar-refractivity contribution is 9.10. The quantitative estimate of drug-likeness (QED) is 0.872. The molecule has 1 heterocycles. The zero-order valence-electron chi connectivity index (χ0n) is 11.7. The Morgan fingerprint density at radius 3 is 2.68 bits per heavy atom. The van der Waals surface area contributed by atoms with Crippen LogP contribution in [0.3, 0.4) is 0 Å². The monoisotopic (exact) mass is 327 g/mol. The molecule has 1 amide bonds. The standard InChI is InChI=1S/C15H22BrNO2/c1-11(2)9-15(6-3-4-7-15)10-17-14(18)12-5-8-19-13(12)16/h5,8,11H,3-4,6-7,9-10H2,1-2H3,(H,17,18). The maximum atomic E-state index is 12.1. The molecule has 3 nitrogen and oxygen atoms in total. The fraction of sp³-hybridized carbons (Fsp3) is 0.667. The molecule has 0 radical (unpaired) electrons. The third-order valence-electron chi connectivity index (χ3n) is 3.99. The highest BCUT2D eigenvalue weighted by atomic mass is 79.9. The van der Waals surface area contributed by atoms with Crippen molar-refractivity contribution in [3.8, 4) is 0 Å². The van der Waals surface area contributed by atoms with Gasteiger partial charge in [-0.15, -0.1) is 0 Å². The van der Waals surface area contributed by atoms with E-state index >= 15 is 0 Å². The van der Waals surface area contributed by atoms with E-state index in [0.717, 1.165) is 6.54 Å². The van der Waals surface area contributed by atoms with Gasteiger partial charge in [-0.1, -0.05) is 26.7 Å². The SMILES string of the molecule is CC(C)CC1(CNC(=O)c2ccoc2Br)CCCC1. The van der Waals surface area contributed by atoms with Gasteiger partial charge in [-0.25, -0.2) is 0 Å². The van der Waals surface area contributed by atoms with Crippen molar-refractivity contribution in [2.24, 2.45) is 11.3 Å². The lowest BCUT2D eigenvalue weighted by atomic mass is 9.78. The summed E-state index contributed by atoms with van der Waals surface area (Å²) in [5.41, 5.74) is 0.887. The third kappa shape index (κ3) is 3.62. The molecule has 2 rings (SSSR count). The number of furan rings is 1. The topological polar surface area (TPSA) is 42.2 Å². The Labute approximate surface area is 123 Å². The first-order valence-corrected chi connectivity index (χ1v) is 7.83. The zero-order valence-corrected chi connectivity index (χ0v) is 13.3. The summed E-state index contributed by atoms with van der Waals surface area (Å²) < 4.78 is 5.61. The molecule has 106 valence electrons. The van der Waals surface area contributed by atoms with Crippen molar-refractivity contribution in [3.63, 3.8) is 0 Å². The van der Waals surface area contributed by atoms with E-state index in [9.17, 15) is 4.79 Å². The number of carbonyl (C=O) groups is 1. The van der Waals surface area contributed by atoms with Crippen molar-refractivity contribution in [3.05, 3.63) is 22.6 Å². The van der Waals surface area contributed by atoms with Crippen LogP contribution < -0.4 is 5.32 Å². The Balaban J connectivity index is 1.96. The van der Waals surface area contributed by atoms with Crippen LogP contribution in [0.5, 0.6) is 0 Å². The van der Waals surface area contributed by atoms with Gasteiger partial charge in [0.05, 0.1) is 11.8 Å². The molecule has 0 spiro atoms. The zero-order chi connectivity index (χ0) is 13.9. The van der Waals surface area contributed by atoms with Crippen LogP contribution in [-0.2, 0) is 0 Å². The molecule has 0 saturated heterocycles. The van der Waals surface area contributed by atoms with Crippen molar-refractivity contribution >= 4 is 21.8 Å². The van der Waals surface area contributed by atoms with Crippen LogP contribution in [0.1, 0.15) is 56.3 Å². The molecule has 0 unspecified atom stereocenters. The van der Waals surface area contributed by atoms with E-state index in [0.29, 0.717) is 21.6 Å². The second kappa shape index (κ2) is 6.12. The average molecular weight is 328 g/mol. The van der Waals surface area contributed by atoms with E-state index < -0.39 is 0 Å². The van der Waals surface area contributed by atoms with E-state index in [1.54, 1.807) is 6.07 Å². The van der Waals surface area contributed by atoms with Gasteiger partial charge in [0.25, 0.3) is 5.91 Å². The summed E-state index contributed by atoms with van der Waals surface area (Å²) in [6, 6.07) is 1.70. The fourth-order valence-corrected chi connectivity index (χ4v) is 3.68. The molecule has 1 aliphatic rings. The van der Waals surface area contributed by atoms with Gasteiger partial charge in [0.1, 0.15) is 0 Å². The molecule has 1 N–H and O–H groups in total.